The van der Waals surface area contributed by atoms with Crippen molar-refractivity contribution in [1.29, 1.82) is 0 Å². The normalized spacial score (nSPS) is 15.6. The Kier molecular flexibility index (Phi) is 5.55. The van der Waals surface area contributed by atoms with Gasteiger partial charge in [0.25, 0.3) is 0 Å². The molecule has 1 aromatic rings. The molecule has 0 bridgehead atoms. The van der Waals surface area contributed by atoms with E-state index in [1.807, 2.05) is 23.1 Å². The number of unbranched alkanes of at least 4 members (excludes halogenated alkanes) is 1. The molecule has 1 amide bonds. The van der Waals surface area contributed by atoms with Crippen LogP contribution in [-0.2, 0) is 4.79 Å². The van der Waals surface area contributed by atoms with Crippen molar-refractivity contribution in [3.05, 3.63) is 28.2 Å². The Hall–Kier alpha value is -0.930. The van der Waals surface area contributed by atoms with Gasteiger partial charge in [0.05, 0.1) is 10.0 Å². The van der Waals surface area contributed by atoms with Crippen LogP contribution in [0.25, 0.3) is 0 Å². The molecule has 0 unspecified atom stereocenters. The molecule has 1 heterocycles. The molecule has 1 saturated heterocycles. The molecule has 0 N–H and O–H groups in total. The van der Waals surface area contributed by atoms with E-state index in [0.717, 1.165) is 44.7 Å². The zero-order valence-electron chi connectivity index (χ0n) is 11.7. The fourth-order valence-electron chi connectivity index (χ4n) is 2.38. The molecule has 2 rings (SSSR count). The van der Waals surface area contributed by atoms with Crippen LogP contribution in [0.1, 0.15) is 26.2 Å². The van der Waals surface area contributed by atoms with Crippen LogP contribution in [0.2, 0.25) is 10.0 Å². The van der Waals surface area contributed by atoms with Gasteiger partial charge < -0.3 is 9.80 Å². The van der Waals surface area contributed by atoms with E-state index in [-0.39, 0.29) is 5.91 Å². The third-order valence-electron chi connectivity index (χ3n) is 3.64. The van der Waals surface area contributed by atoms with Gasteiger partial charge >= 0.3 is 0 Å². The number of hydrogen-bond acceptors (Lipinski definition) is 2. The topological polar surface area (TPSA) is 23.6 Å². The summed E-state index contributed by atoms with van der Waals surface area (Å²) in [6.45, 7) is 5.35. The highest BCUT2D eigenvalue weighted by Crippen LogP contribution is 2.27. The minimum absolute atomic E-state index is 0.278. The Balaban J connectivity index is 1.90. The van der Waals surface area contributed by atoms with Crippen molar-refractivity contribution >= 4 is 34.8 Å². The second kappa shape index (κ2) is 7.19. The highest BCUT2D eigenvalue weighted by atomic mass is 35.5. The fraction of sp³-hybridized carbons (Fsp3) is 0.533. The van der Waals surface area contributed by atoms with Crippen molar-refractivity contribution in [1.82, 2.24) is 4.90 Å². The molecule has 0 saturated carbocycles. The molecule has 0 aliphatic carbocycles. The Morgan fingerprint density at radius 3 is 2.45 bits per heavy atom. The van der Waals surface area contributed by atoms with Crippen molar-refractivity contribution < 1.29 is 4.79 Å². The van der Waals surface area contributed by atoms with Crippen LogP contribution in [0, 0.1) is 0 Å². The van der Waals surface area contributed by atoms with Crippen LogP contribution < -0.4 is 4.90 Å². The van der Waals surface area contributed by atoms with Crippen molar-refractivity contribution in [2.75, 3.05) is 31.1 Å². The third-order valence-corrected chi connectivity index (χ3v) is 4.38. The fourth-order valence-corrected chi connectivity index (χ4v) is 2.67. The standard InChI is InChI=1S/C15H20Cl2N2O/c1-2-3-4-15(20)19-9-7-18(8-10-19)12-5-6-13(16)14(17)11-12/h5-6,11H,2-4,7-10H2,1H3. The van der Waals surface area contributed by atoms with Gasteiger partial charge in [0.15, 0.2) is 0 Å². The Morgan fingerprint density at radius 1 is 1.15 bits per heavy atom. The quantitative estimate of drug-likeness (QED) is 0.843. The largest absolute Gasteiger partial charge is 0.368 e. The lowest BCUT2D eigenvalue weighted by molar-refractivity contribution is -0.131. The molecule has 110 valence electrons. The highest BCUT2D eigenvalue weighted by molar-refractivity contribution is 6.42. The summed E-state index contributed by atoms with van der Waals surface area (Å²) in [4.78, 5) is 16.2. The molecular weight excluding hydrogens is 295 g/mol. The van der Waals surface area contributed by atoms with Crippen molar-refractivity contribution in [2.45, 2.75) is 26.2 Å². The maximum absolute atomic E-state index is 12.0. The molecule has 20 heavy (non-hydrogen) atoms. The Labute approximate surface area is 130 Å². The van der Waals surface area contributed by atoms with Gasteiger partial charge in [-0.1, -0.05) is 36.5 Å². The SMILES string of the molecule is CCCCC(=O)N1CCN(c2ccc(Cl)c(Cl)c2)CC1. The number of amides is 1. The van der Waals surface area contributed by atoms with E-state index in [1.165, 1.54) is 0 Å². The van der Waals surface area contributed by atoms with E-state index in [0.29, 0.717) is 16.5 Å². The predicted molar refractivity (Wildman–Crippen MR) is 84.8 cm³/mol. The number of anilines is 1. The lowest BCUT2D eigenvalue weighted by atomic mass is 10.2. The van der Waals surface area contributed by atoms with E-state index in [4.69, 9.17) is 23.2 Å². The van der Waals surface area contributed by atoms with Crippen LogP contribution in [0.4, 0.5) is 5.69 Å². The van der Waals surface area contributed by atoms with Crippen LogP contribution in [0.15, 0.2) is 18.2 Å². The summed E-state index contributed by atoms with van der Waals surface area (Å²) < 4.78 is 0. The minimum atomic E-state index is 0.278. The molecule has 1 aliphatic rings. The monoisotopic (exact) mass is 314 g/mol. The molecule has 0 aromatic heterocycles. The molecule has 0 radical (unpaired) electrons. The van der Waals surface area contributed by atoms with Gasteiger partial charge in [0, 0.05) is 38.3 Å². The van der Waals surface area contributed by atoms with Gasteiger partial charge in [-0.05, 0) is 24.6 Å². The number of benzene rings is 1. The number of hydrogen-bond donors (Lipinski definition) is 0. The molecule has 1 fully saturated rings. The number of nitrogens with zero attached hydrogens (tertiary/aromatic N) is 2. The average Bonchev–Trinajstić information content (AvgIpc) is 2.48. The van der Waals surface area contributed by atoms with Gasteiger partial charge in [0.2, 0.25) is 5.91 Å². The van der Waals surface area contributed by atoms with Crippen LogP contribution in [0.3, 0.4) is 0 Å². The number of halogens is 2. The number of rotatable bonds is 4. The summed E-state index contributed by atoms with van der Waals surface area (Å²) in [6.07, 6.45) is 2.71. The van der Waals surface area contributed by atoms with E-state index in [2.05, 4.69) is 11.8 Å². The van der Waals surface area contributed by atoms with Crippen molar-refractivity contribution in [2.24, 2.45) is 0 Å². The van der Waals surface area contributed by atoms with Gasteiger partial charge in [-0.2, -0.15) is 0 Å². The van der Waals surface area contributed by atoms with Crippen LogP contribution >= 0.6 is 23.2 Å². The van der Waals surface area contributed by atoms with Gasteiger partial charge in [0.1, 0.15) is 0 Å². The highest BCUT2D eigenvalue weighted by Gasteiger charge is 2.21. The lowest BCUT2D eigenvalue weighted by Gasteiger charge is -2.36. The Bertz CT molecular complexity index is 471. The zero-order chi connectivity index (χ0) is 14.5. The summed E-state index contributed by atoms with van der Waals surface area (Å²) in [5.74, 6) is 0.278. The maximum atomic E-state index is 12.0. The third kappa shape index (κ3) is 3.80. The second-order valence-corrected chi connectivity index (χ2v) is 5.88. The van der Waals surface area contributed by atoms with E-state index < -0.39 is 0 Å². The molecule has 3 nitrogen and oxygen atoms in total. The number of carbonyl (C=O) groups excluding carboxylic acids is 1. The first-order valence-electron chi connectivity index (χ1n) is 7.09. The average molecular weight is 315 g/mol. The summed E-state index contributed by atoms with van der Waals surface area (Å²) in [6, 6.07) is 5.68. The van der Waals surface area contributed by atoms with Gasteiger partial charge in [-0.15, -0.1) is 0 Å². The van der Waals surface area contributed by atoms with E-state index in [9.17, 15) is 4.79 Å². The number of carbonyl (C=O) groups is 1. The predicted octanol–water partition coefficient (Wildman–Crippen LogP) is 3.83. The summed E-state index contributed by atoms with van der Waals surface area (Å²) >= 11 is 12.0. The molecule has 1 aliphatic heterocycles. The molecule has 1 aromatic carbocycles. The molecular formula is C15H20Cl2N2O. The Morgan fingerprint density at radius 2 is 1.85 bits per heavy atom. The van der Waals surface area contributed by atoms with Crippen LogP contribution in [-0.4, -0.2) is 37.0 Å². The van der Waals surface area contributed by atoms with Gasteiger partial charge in [-0.25, -0.2) is 0 Å². The number of piperazine rings is 1. The van der Waals surface area contributed by atoms with E-state index in [1.54, 1.807) is 0 Å². The molecule has 0 atom stereocenters. The van der Waals surface area contributed by atoms with Crippen molar-refractivity contribution in [3.63, 3.8) is 0 Å². The lowest BCUT2D eigenvalue weighted by Crippen LogP contribution is -2.48. The first-order valence-corrected chi connectivity index (χ1v) is 7.85. The smallest absolute Gasteiger partial charge is 0.222 e. The zero-order valence-corrected chi connectivity index (χ0v) is 13.3. The summed E-state index contributed by atoms with van der Waals surface area (Å²) in [7, 11) is 0. The first-order chi connectivity index (χ1) is 9.61. The molecule has 5 heteroatoms. The van der Waals surface area contributed by atoms with Gasteiger partial charge in [-0.3, -0.25) is 4.79 Å². The minimum Gasteiger partial charge on any atom is -0.368 e. The van der Waals surface area contributed by atoms with Crippen LogP contribution in [0.5, 0.6) is 0 Å². The summed E-state index contributed by atoms with van der Waals surface area (Å²) in [5.41, 5.74) is 1.07. The first kappa shape index (κ1) is 15.5. The molecule has 0 spiro atoms. The van der Waals surface area contributed by atoms with Crippen molar-refractivity contribution in [3.8, 4) is 0 Å². The maximum Gasteiger partial charge on any atom is 0.222 e. The second-order valence-electron chi connectivity index (χ2n) is 5.07. The van der Waals surface area contributed by atoms with E-state index >= 15 is 0 Å². The summed E-state index contributed by atoms with van der Waals surface area (Å²) in [5, 5.41) is 1.15.